The standard InChI is InChI=1S/C20H31N3O3/c1-12(2)15-7-5-13(3)9-16(15)20(25)23-17-8-6-14(26-4)10-18(17)22-19(24)11-21/h6,8,10,12-13,15-16H,5,7,9,11,21H2,1-4H3,(H,22,24)(H,23,25)/t13-,15+,16-/m1/s1. The van der Waals surface area contributed by atoms with Crippen LogP contribution in [0.4, 0.5) is 11.4 Å². The molecule has 0 bridgehead atoms. The van der Waals surface area contributed by atoms with E-state index >= 15 is 0 Å². The number of nitrogens with one attached hydrogen (secondary N) is 2. The molecule has 1 fully saturated rings. The summed E-state index contributed by atoms with van der Waals surface area (Å²) in [4.78, 5) is 24.7. The first-order valence-electron chi connectivity index (χ1n) is 9.34. The first-order chi connectivity index (χ1) is 12.3. The van der Waals surface area contributed by atoms with Crippen molar-refractivity contribution < 1.29 is 14.3 Å². The fourth-order valence-corrected chi connectivity index (χ4v) is 3.79. The fourth-order valence-electron chi connectivity index (χ4n) is 3.79. The normalized spacial score (nSPS) is 22.8. The summed E-state index contributed by atoms with van der Waals surface area (Å²) in [5, 5.41) is 5.74. The van der Waals surface area contributed by atoms with Crippen LogP contribution >= 0.6 is 0 Å². The minimum atomic E-state index is -0.319. The van der Waals surface area contributed by atoms with Gasteiger partial charge in [0.2, 0.25) is 11.8 Å². The highest BCUT2D eigenvalue weighted by Gasteiger charge is 2.35. The molecule has 6 nitrogen and oxygen atoms in total. The molecule has 2 amide bonds. The maximum absolute atomic E-state index is 13.0. The predicted octanol–water partition coefficient (Wildman–Crippen LogP) is 3.24. The van der Waals surface area contributed by atoms with E-state index in [0.717, 1.165) is 12.8 Å². The number of methoxy groups -OCH3 is 1. The molecule has 0 unspecified atom stereocenters. The van der Waals surface area contributed by atoms with E-state index in [1.807, 2.05) is 0 Å². The molecule has 1 aromatic carbocycles. The number of carbonyl (C=O) groups excluding carboxylic acids is 2. The van der Waals surface area contributed by atoms with E-state index in [4.69, 9.17) is 10.5 Å². The number of nitrogens with two attached hydrogens (primary N) is 1. The summed E-state index contributed by atoms with van der Waals surface area (Å²) in [6.07, 6.45) is 3.15. The molecule has 1 saturated carbocycles. The lowest BCUT2D eigenvalue weighted by Crippen LogP contribution is -2.36. The van der Waals surface area contributed by atoms with Crippen LogP contribution in [0.5, 0.6) is 5.75 Å². The average Bonchev–Trinajstić information content (AvgIpc) is 2.62. The maximum atomic E-state index is 13.0. The monoisotopic (exact) mass is 361 g/mol. The van der Waals surface area contributed by atoms with Gasteiger partial charge in [0.25, 0.3) is 0 Å². The minimum absolute atomic E-state index is 0.0149. The van der Waals surface area contributed by atoms with Gasteiger partial charge < -0.3 is 21.1 Å². The van der Waals surface area contributed by atoms with Crippen LogP contribution in [0.15, 0.2) is 18.2 Å². The van der Waals surface area contributed by atoms with Crippen LogP contribution in [0.3, 0.4) is 0 Å². The van der Waals surface area contributed by atoms with Gasteiger partial charge in [-0.15, -0.1) is 0 Å². The highest BCUT2D eigenvalue weighted by Crippen LogP contribution is 2.39. The van der Waals surface area contributed by atoms with E-state index in [0.29, 0.717) is 34.9 Å². The van der Waals surface area contributed by atoms with Crippen LogP contribution in [0.25, 0.3) is 0 Å². The lowest BCUT2D eigenvalue weighted by atomic mass is 9.70. The molecule has 144 valence electrons. The second-order valence-electron chi connectivity index (χ2n) is 7.59. The topological polar surface area (TPSA) is 93.5 Å². The average molecular weight is 361 g/mol. The SMILES string of the molecule is COc1ccc(NC(=O)[C@@H]2C[C@H](C)CC[C@H]2C(C)C)c(NC(=O)CN)c1. The fraction of sp³-hybridized carbons (Fsp3) is 0.600. The predicted molar refractivity (Wildman–Crippen MR) is 104 cm³/mol. The highest BCUT2D eigenvalue weighted by atomic mass is 16.5. The first-order valence-corrected chi connectivity index (χ1v) is 9.34. The largest absolute Gasteiger partial charge is 0.497 e. The molecule has 0 saturated heterocycles. The van der Waals surface area contributed by atoms with E-state index in [1.54, 1.807) is 25.3 Å². The van der Waals surface area contributed by atoms with Crippen LogP contribution in [-0.2, 0) is 9.59 Å². The van der Waals surface area contributed by atoms with Crippen LogP contribution in [-0.4, -0.2) is 25.5 Å². The third-order valence-electron chi connectivity index (χ3n) is 5.30. The van der Waals surface area contributed by atoms with Crippen LogP contribution in [0, 0.1) is 23.7 Å². The molecule has 26 heavy (non-hydrogen) atoms. The summed E-state index contributed by atoms with van der Waals surface area (Å²) >= 11 is 0. The van der Waals surface area contributed by atoms with Crippen LogP contribution < -0.4 is 21.1 Å². The highest BCUT2D eigenvalue weighted by molar-refractivity contribution is 6.01. The Hall–Kier alpha value is -2.08. The second kappa shape index (κ2) is 9.03. The molecule has 0 aliphatic heterocycles. The number of hydrogen-bond donors (Lipinski definition) is 3. The van der Waals surface area contributed by atoms with Gasteiger partial charge in [-0.1, -0.05) is 27.2 Å². The zero-order chi connectivity index (χ0) is 19.3. The molecule has 0 heterocycles. The van der Waals surface area contributed by atoms with Crippen molar-refractivity contribution in [2.75, 3.05) is 24.3 Å². The Balaban J connectivity index is 2.22. The lowest BCUT2D eigenvalue weighted by Gasteiger charge is -2.36. The van der Waals surface area contributed by atoms with Crippen molar-refractivity contribution in [1.29, 1.82) is 0 Å². The van der Waals surface area contributed by atoms with Crippen LogP contribution in [0.2, 0.25) is 0 Å². The molecular formula is C20H31N3O3. The van der Waals surface area contributed by atoms with Crippen molar-refractivity contribution in [3.8, 4) is 5.75 Å². The third kappa shape index (κ3) is 4.97. The molecule has 2 rings (SSSR count). The Morgan fingerprint density at radius 2 is 1.96 bits per heavy atom. The lowest BCUT2D eigenvalue weighted by molar-refractivity contribution is -0.124. The molecular weight excluding hydrogens is 330 g/mol. The number of hydrogen-bond acceptors (Lipinski definition) is 4. The van der Waals surface area contributed by atoms with E-state index in [2.05, 4.69) is 31.4 Å². The van der Waals surface area contributed by atoms with Gasteiger partial charge in [-0.3, -0.25) is 9.59 Å². The van der Waals surface area contributed by atoms with Gasteiger partial charge in [0.15, 0.2) is 0 Å². The first kappa shape index (κ1) is 20.2. The summed E-state index contributed by atoms with van der Waals surface area (Å²) in [6.45, 7) is 6.44. The van der Waals surface area contributed by atoms with E-state index in [9.17, 15) is 9.59 Å². The van der Waals surface area contributed by atoms with Crippen molar-refractivity contribution in [2.45, 2.75) is 40.0 Å². The molecule has 0 radical (unpaired) electrons. The van der Waals surface area contributed by atoms with Gasteiger partial charge in [0, 0.05) is 12.0 Å². The molecule has 1 aliphatic rings. The molecule has 0 aromatic heterocycles. The Labute approximate surface area is 155 Å². The molecule has 6 heteroatoms. The molecule has 3 atom stereocenters. The summed E-state index contributed by atoms with van der Waals surface area (Å²) < 4.78 is 5.21. The summed E-state index contributed by atoms with van der Waals surface area (Å²) in [7, 11) is 1.55. The minimum Gasteiger partial charge on any atom is -0.497 e. The summed E-state index contributed by atoms with van der Waals surface area (Å²) in [5.74, 6) is 1.68. The van der Waals surface area contributed by atoms with Gasteiger partial charge in [0.05, 0.1) is 25.0 Å². The Kier molecular flexibility index (Phi) is 7.03. The molecule has 4 N–H and O–H groups in total. The number of rotatable bonds is 6. The number of benzene rings is 1. The van der Waals surface area contributed by atoms with Crippen molar-refractivity contribution in [2.24, 2.45) is 29.4 Å². The Morgan fingerprint density at radius 1 is 1.23 bits per heavy atom. The molecule has 1 aliphatic carbocycles. The number of amides is 2. The number of carbonyl (C=O) groups is 2. The molecule has 0 spiro atoms. The Bertz CT molecular complexity index is 645. The maximum Gasteiger partial charge on any atom is 0.238 e. The van der Waals surface area contributed by atoms with E-state index in [-0.39, 0.29) is 24.3 Å². The second-order valence-corrected chi connectivity index (χ2v) is 7.59. The number of ether oxygens (including phenoxy) is 1. The summed E-state index contributed by atoms with van der Waals surface area (Å²) in [6, 6.07) is 5.20. The third-order valence-corrected chi connectivity index (χ3v) is 5.30. The zero-order valence-electron chi connectivity index (χ0n) is 16.2. The van der Waals surface area contributed by atoms with Gasteiger partial charge in [-0.25, -0.2) is 0 Å². The van der Waals surface area contributed by atoms with Crippen molar-refractivity contribution in [1.82, 2.24) is 0 Å². The van der Waals surface area contributed by atoms with Crippen molar-refractivity contribution >= 4 is 23.2 Å². The van der Waals surface area contributed by atoms with Crippen molar-refractivity contribution in [3.05, 3.63) is 18.2 Å². The quantitative estimate of drug-likeness (QED) is 0.725. The Morgan fingerprint density at radius 3 is 2.58 bits per heavy atom. The van der Waals surface area contributed by atoms with Gasteiger partial charge >= 0.3 is 0 Å². The molecule has 1 aromatic rings. The number of anilines is 2. The van der Waals surface area contributed by atoms with Crippen LogP contribution in [0.1, 0.15) is 40.0 Å². The summed E-state index contributed by atoms with van der Waals surface area (Å²) in [5.41, 5.74) is 6.46. The zero-order valence-corrected chi connectivity index (χ0v) is 16.2. The smallest absolute Gasteiger partial charge is 0.238 e. The van der Waals surface area contributed by atoms with Gasteiger partial charge in [-0.2, -0.15) is 0 Å². The van der Waals surface area contributed by atoms with Gasteiger partial charge in [0.1, 0.15) is 5.75 Å². The van der Waals surface area contributed by atoms with Gasteiger partial charge in [-0.05, 0) is 42.7 Å². The van der Waals surface area contributed by atoms with Crippen molar-refractivity contribution in [3.63, 3.8) is 0 Å². The van der Waals surface area contributed by atoms with E-state index in [1.165, 1.54) is 6.42 Å². The van der Waals surface area contributed by atoms with E-state index < -0.39 is 0 Å².